The van der Waals surface area contributed by atoms with Crippen LogP contribution in [0.2, 0.25) is 0 Å². The van der Waals surface area contributed by atoms with Gasteiger partial charge in [0.15, 0.2) is 0 Å². The molecule has 80 valence electrons. The summed E-state index contributed by atoms with van der Waals surface area (Å²) >= 11 is 0. The fourth-order valence-electron chi connectivity index (χ4n) is 1.63. The van der Waals surface area contributed by atoms with Gasteiger partial charge in [0.05, 0.1) is 11.5 Å². The molecule has 0 bridgehead atoms. The maximum absolute atomic E-state index is 13.3. The molecule has 1 aliphatic rings. The molecule has 0 aliphatic heterocycles. The Labute approximate surface area is 85.5 Å². The minimum atomic E-state index is -1.17. The van der Waals surface area contributed by atoms with Crippen LogP contribution < -0.4 is 0 Å². The Balaban J connectivity index is 2.33. The molecule has 1 aromatic rings. The highest BCUT2D eigenvalue weighted by atomic mass is 19.1. The summed E-state index contributed by atoms with van der Waals surface area (Å²) in [6.45, 7) is 0. The predicted octanol–water partition coefficient (Wildman–Crippen LogP) is 1.98. The van der Waals surface area contributed by atoms with E-state index in [1.54, 1.807) is 0 Å². The fraction of sp³-hybridized carbons (Fsp3) is 0.364. The van der Waals surface area contributed by atoms with E-state index in [-0.39, 0.29) is 5.56 Å². The van der Waals surface area contributed by atoms with Crippen molar-refractivity contribution in [2.45, 2.75) is 18.9 Å². The molecule has 0 saturated heterocycles. The second-order valence-electron chi connectivity index (χ2n) is 3.92. The Bertz CT molecular complexity index is 400. The molecule has 1 N–H and O–H groups in total. The SMILES string of the molecule is O=CC1(C(O)c2ccc(F)cc2F)CC1. The summed E-state index contributed by atoms with van der Waals surface area (Å²) in [4.78, 5) is 10.7. The first-order valence-corrected chi connectivity index (χ1v) is 4.68. The quantitative estimate of drug-likeness (QED) is 0.778. The van der Waals surface area contributed by atoms with E-state index in [0.717, 1.165) is 6.07 Å². The van der Waals surface area contributed by atoms with Crippen LogP contribution in [0.15, 0.2) is 18.2 Å². The Morgan fingerprint density at radius 2 is 2.07 bits per heavy atom. The number of halogens is 2. The van der Waals surface area contributed by atoms with E-state index in [4.69, 9.17) is 0 Å². The number of aldehydes is 1. The van der Waals surface area contributed by atoms with Gasteiger partial charge in [-0.1, -0.05) is 6.07 Å². The van der Waals surface area contributed by atoms with E-state index in [2.05, 4.69) is 0 Å². The van der Waals surface area contributed by atoms with Crippen LogP contribution in [0.4, 0.5) is 8.78 Å². The van der Waals surface area contributed by atoms with Gasteiger partial charge in [-0.3, -0.25) is 0 Å². The summed E-state index contributed by atoms with van der Waals surface area (Å²) in [6.07, 6.45) is 0.583. The molecule has 0 spiro atoms. The first-order chi connectivity index (χ1) is 7.09. The van der Waals surface area contributed by atoms with Crippen molar-refractivity contribution in [2.24, 2.45) is 5.41 Å². The average Bonchev–Trinajstić information content (AvgIpc) is 2.97. The van der Waals surface area contributed by atoms with Gasteiger partial charge in [-0.05, 0) is 18.9 Å². The summed E-state index contributed by atoms with van der Waals surface area (Å²) < 4.78 is 25.9. The monoisotopic (exact) mass is 212 g/mol. The smallest absolute Gasteiger partial charge is 0.131 e. The molecule has 1 fully saturated rings. The highest BCUT2D eigenvalue weighted by Crippen LogP contribution is 2.53. The second kappa shape index (κ2) is 3.38. The maximum Gasteiger partial charge on any atom is 0.131 e. The molecule has 1 unspecified atom stereocenters. The summed E-state index contributed by atoms with van der Waals surface area (Å²) in [5, 5.41) is 9.79. The number of hydrogen-bond donors (Lipinski definition) is 1. The van der Waals surface area contributed by atoms with Gasteiger partial charge in [-0.15, -0.1) is 0 Å². The molecule has 0 radical (unpaired) electrons. The summed E-state index contributed by atoms with van der Waals surface area (Å²) in [5.74, 6) is -1.50. The summed E-state index contributed by atoms with van der Waals surface area (Å²) in [7, 11) is 0. The third-order valence-electron chi connectivity index (χ3n) is 2.86. The third kappa shape index (κ3) is 1.65. The lowest BCUT2D eigenvalue weighted by Crippen LogP contribution is -2.16. The van der Waals surface area contributed by atoms with Crippen molar-refractivity contribution >= 4 is 6.29 Å². The first kappa shape index (κ1) is 10.2. The molecule has 0 amide bonds. The van der Waals surface area contributed by atoms with Crippen LogP contribution in [-0.2, 0) is 4.79 Å². The molecular formula is C11H10F2O2. The Hall–Kier alpha value is -1.29. The Morgan fingerprint density at radius 1 is 1.40 bits per heavy atom. The number of aliphatic hydroxyl groups excluding tert-OH is 1. The number of aliphatic hydroxyl groups is 1. The zero-order chi connectivity index (χ0) is 11.1. The number of carbonyl (C=O) groups is 1. The lowest BCUT2D eigenvalue weighted by Gasteiger charge is -2.17. The van der Waals surface area contributed by atoms with Crippen molar-refractivity contribution in [3.63, 3.8) is 0 Å². The molecule has 1 atom stereocenters. The van der Waals surface area contributed by atoms with E-state index in [1.165, 1.54) is 6.07 Å². The predicted molar refractivity (Wildman–Crippen MR) is 49.0 cm³/mol. The fourth-order valence-corrected chi connectivity index (χ4v) is 1.63. The first-order valence-electron chi connectivity index (χ1n) is 4.68. The van der Waals surface area contributed by atoms with Crippen LogP contribution in [0.3, 0.4) is 0 Å². The standard InChI is InChI=1S/C11H10F2O2/c12-7-1-2-8(9(13)5-7)10(15)11(6-14)3-4-11/h1-2,5-6,10,15H,3-4H2. The molecule has 2 nitrogen and oxygen atoms in total. The van der Waals surface area contributed by atoms with Gasteiger partial charge in [0.25, 0.3) is 0 Å². The van der Waals surface area contributed by atoms with Crippen LogP contribution in [-0.4, -0.2) is 11.4 Å². The van der Waals surface area contributed by atoms with Crippen LogP contribution in [0, 0.1) is 17.0 Å². The zero-order valence-corrected chi connectivity index (χ0v) is 7.91. The van der Waals surface area contributed by atoms with Crippen molar-refractivity contribution in [1.82, 2.24) is 0 Å². The second-order valence-corrected chi connectivity index (χ2v) is 3.92. The number of benzene rings is 1. The van der Waals surface area contributed by atoms with E-state index in [1.807, 2.05) is 0 Å². The minimum Gasteiger partial charge on any atom is -0.387 e. The van der Waals surface area contributed by atoms with Crippen molar-refractivity contribution < 1.29 is 18.7 Å². The van der Waals surface area contributed by atoms with Crippen LogP contribution >= 0.6 is 0 Å². The van der Waals surface area contributed by atoms with Crippen molar-refractivity contribution in [3.8, 4) is 0 Å². The molecule has 0 aromatic heterocycles. The molecular weight excluding hydrogens is 202 g/mol. The number of carbonyl (C=O) groups excluding carboxylic acids is 1. The van der Waals surface area contributed by atoms with E-state index in [9.17, 15) is 18.7 Å². The van der Waals surface area contributed by atoms with Gasteiger partial charge in [-0.25, -0.2) is 8.78 Å². The van der Waals surface area contributed by atoms with E-state index < -0.39 is 23.2 Å². The highest BCUT2D eigenvalue weighted by Gasteiger charge is 2.50. The lowest BCUT2D eigenvalue weighted by atomic mass is 9.94. The molecule has 4 heteroatoms. The van der Waals surface area contributed by atoms with Gasteiger partial charge in [0.1, 0.15) is 17.9 Å². The van der Waals surface area contributed by atoms with Crippen molar-refractivity contribution in [3.05, 3.63) is 35.4 Å². The van der Waals surface area contributed by atoms with Crippen LogP contribution in [0.1, 0.15) is 24.5 Å². The van der Waals surface area contributed by atoms with E-state index >= 15 is 0 Å². The Kier molecular flexibility index (Phi) is 2.31. The van der Waals surface area contributed by atoms with Crippen LogP contribution in [0.25, 0.3) is 0 Å². The van der Waals surface area contributed by atoms with Crippen molar-refractivity contribution in [1.29, 1.82) is 0 Å². The van der Waals surface area contributed by atoms with Gasteiger partial charge in [0.2, 0.25) is 0 Å². The van der Waals surface area contributed by atoms with Crippen LogP contribution in [0.5, 0.6) is 0 Å². The largest absolute Gasteiger partial charge is 0.387 e. The molecule has 1 aliphatic carbocycles. The average molecular weight is 212 g/mol. The van der Waals surface area contributed by atoms with Gasteiger partial charge >= 0.3 is 0 Å². The van der Waals surface area contributed by atoms with Crippen molar-refractivity contribution in [2.75, 3.05) is 0 Å². The normalized spacial score (nSPS) is 19.7. The maximum atomic E-state index is 13.3. The number of rotatable bonds is 3. The highest BCUT2D eigenvalue weighted by molar-refractivity contribution is 5.65. The molecule has 15 heavy (non-hydrogen) atoms. The summed E-state index contributed by atoms with van der Waals surface area (Å²) in [5.41, 5.74) is -0.862. The molecule has 1 saturated carbocycles. The Morgan fingerprint density at radius 3 is 2.53 bits per heavy atom. The number of hydrogen-bond acceptors (Lipinski definition) is 2. The molecule has 0 heterocycles. The minimum absolute atomic E-state index is 0.0130. The van der Waals surface area contributed by atoms with Gasteiger partial charge < -0.3 is 9.90 Å². The molecule has 1 aromatic carbocycles. The van der Waals surface area contributed by atoms with Gasteiger partial charge in [-0.2, -0.15) is 0 Å². The lowest BCUT2D eigenvalue weighted by molar-refractivity contribution is -0.116. The van der Waals surface area contributed by atoms with Gasteiger partial charge in [0, 0.05) is 11.6 Å². The van der Waals surface area contributed by atoms with E-state index in [0.29, 0.717) is 25.2 Å². The summed E-state index contributed by atoms with van der Waals surface area (Å²) in [6, 6.07) is 2.96. The third-order valence-corrected chi connectivity index (χ3v) is 2.86. The zero-order valence-electron chi connectivity index (χ0n) is 7.91. The molecule has 2 rings (SSSR count). The topological polar surface area (TPSA) is 37.3 Å².